The zero-order valence-electron chi connectivity index (χ0n) is 13.7. The van der Waals surface area contributed by atoms with Gasteiger partial charge in [-0.1, -0.05) is 6.92 Å². The van der Waals surface area contributed by atoms with Gasteiger partial charge in [-0.25, -0.2) is 4.79 Å². The third-order valence-corrected chi connectivity index (χ3v) is 4.25. The summed E-state index contributed by atoms with van der Waals surface area (Å²) in [6.07, 6.45) is 0.839. The SMILES string of the molecule is COCCO[C@@H]1[C@H](C)C(CO)OC[C@H]1n1cc(C)c(=O)[nH]c1=O. The Bertz CT molecular complexity index is 625. The van der Waals surface area contributed by atoms with Gasteiger partial charge in [0.15, 0.2) is 0 Å². The molecule has 1 unspecified atom stereocenters. The van der Waals surface area contributed by atoms with E-state index in [1.54, 1.807) is 14.0 Å². The Labute approximate surface area is 134 Å². The molecule has 1 aliphatic heterocycles. The van der Waals surface area contributed by atoms with E-state index < -0.39 is 11.2 Å². The molecule has 1 aromatic rings. The van der Waals surface area contributed by atoms with Gasteiger partial charge < -0.3 is 19.3 Å². The first-order valence-electron chi connectivity index (χ1n) is 7.64. The number of hydrogen-bond acceptors (Lipinski definition) is 6. The van der Waals surface area contributed by atoms with Crippen molar-refractivity contribution in [2.24, 2.45) is 5.92 Å². The molecule has 1 saturated heterocycles. The number of ether oxygens (including phenoxy) is 3. The summed E-state index contributed by atoms with van der Waals surface area (Å²) in [4.78, 5) is 26.0. The first kappa shape index (κ1) is 17.9. The lowest BCUT2D eigenvalue weighted by molar-refractivity contribution is -0.155. The minimum Gasteiger partial charge on any atom is -0.394 e. The van der Waals surface area contributed by atoms with Crippen molar-refractivity contribution in [2.75, 3.05) is 33.5 Å². The third kappa shape index (κ3) is 3.89. The smallest absolute Gasteiger partial charge is 0.328 e. The van der Waals surface area contributed by atoms with Gasteiger partial charge in [-0.05, 0) is 6.92 Å². The Morgan fingerprint density at radius 1 is 1.43 bits per heavy atom. The molecule has 0 amide bonds. The van der Waals surface area contributed by atoms with Gasteiger partial charge in [-0.3, -0.25) is 14.3 Å². The van der Waals surface area contributed by atoms with Gasteiger partial charge in [-0.15, -0.1) is 0 Å². The van der Waals surface area contributed by atoms with Gasteiger partial charge in [-0.2, -0.15) is 0 Å². The van der Waals surface area contributed by atoms with E-state index in [4.69, 9.17) is 14.2 Å². The highest BCUT2D eigenvalue weighted by atomic mass is 16.5. The van der Waals surface area contributed by atoms with E-state index in [1.165, 1.54) is 10.8 Å². The second kappa shape index (κ2) is 7.87. The van der Waals surface area contributed by atoms with E-state index in [0.717, 1.165) is 0 Å². The van der Waals surface area contributed by atoms with Crippen molar-refractivity contribution in [3.8, 4) is 0 Å². The van der Waals surface area contributed by atoms with E-state index >= 15 is 0 Å². The molecule has 2 N–H and O–H groups in total. The molecule has 0 aliphatic carbocycles. The number of nitrogens with zero attached hydrogens (tertiary/aromatic N) is 1. The summed E-state index contributed by atoms with van der Waals surface area (Å²) in [5, 5.41) is 9.42. The van der Waals surface area contributed by atoms with Crippen LogP contribution in [0.4, 0.5) is 0 Å². The first-order chi connectivity index (χ1) is 11.0. The summed E-state index contributed by atoms with van der Waals surface area (Å²) in [5.41, 5.74) is -0.456. The quantitative estimate of drug-likeness (QED) is 0.679. The largest absolute Gasteiger partial charge is 0.394 e. The molecule has 0 radical (unpaired) electrons. The molecule has 1 aromatic heterocycles. The topological polar surface area (TPSA) is 103 Å². The number of H-pyrrole nitrogens is 1. The predicted octanol–water partition coefficient (Wildman–Crippen LogP) is -0.555. The normalized spacial score (nSPS) is 28.0. The van der Waals surface area contributed by atoms with Gasteiger partial charge in [0.05, 0.1) is 44.7 Å². The van der Waals surface area contributed by atoms with E-state index in [0.29, 0.717) is 18.8 Å². The van der Waals surface area contributed by atoms with Gasteiger partial charge in [0.1, 0.15) is 0 Å². The second-order valence-corrected chi connectivity index (χ2v) is 5.79. The molecular weight excluding hydrogens is 304 g/mol. The number of nitrogens with one attached hydrogen (secondary N) is 1. The molecule has 0 saturated carbocycles. The number of aromatic amines is 1. The van der Waals surface area contributed by atoms with Crippen molar-refractivity contribution in [3.05, 3.63) is 32.6 Å². The summed E-state index contributed by atoms with van der Waals surface area (Å²) >= 11 is 0. The average molecular weight is 328 g/mol. The van der Waals surface area contributed by atoms with E-state index in [1.807, 2.05) is 6.92 Å². The zero-order valence-corrected chi connectivity index (χ0v) is 13.7. The lowest BCUT2D eigenvalue weighted by Crippen LogP contribution is -2.51. The van der Waals surface area contributed by atoms with Crippen LogP contribution in [-0.2, 0) is 14.2 Å². The Balaban J connectivity index is 2.32. The monoisotopic (exact) mass is 328 g/mol. The highest BCUT2D eigenvalue weighted by Crippen LogP contribution is 2.30. The van der Waals surface area contributed by atoms with Gasteiger partial charge in [0.2, 0.25) is 0 Å². The Kier molecular flexibility index (Phi) is 6.11. The lowest BCUT2D eigenvalue weighted by atomic mass is 9.90. The zero-order chi connectivity index (χ0) is 17.0. The summed E-state index contributed by atoms with van der Waals surface area (Å²) in [7, 11) is 1.58. The fourth-order valence-electron chi connectivity index (χ4n) is 2.85. The molecule has 0 bridgehead atoms. The van der Waals surface area contributed by atoms with Crippen LogP contribution >= 0.6 is 0 Å². The molecule has 8 nitrogen and oxygen atoms in total. The number of methoxy groups -OCH3 is 1. The van der Waals surface area contributed by atoms with E-state index in [2.05, 4.69) is 4.98 Å². The lowest BCUT2D eigenvalue weighted by Gasteiger charge is -2.41. The molecule has 2 heterocycles. The molecule has 8 heteroatoms. The van der Waals surface area contributed by atoms with Crippen molar-refractivity contribution in [1.29, 1.82) is 0 Å². The molecule has 1 fully saturated rings. The van der Waals surface area contributed by atoms with Crippen molar-refractivity contribution >= 4 is 0 Å². The molecule has 0 aromatic carbocycles. The molecule has 0 spiro atoms. The van der Waals surface area contributed by atoms with Crippen LogP contribution in [-0.4, -0.2) is 60.4 Å². The number of aliphatic hydroxyl groups is 1. The summed E-state index contributed by atoms with van der Waals surface area (Å²) in [5.74, 6) is -0.116. The van der Waals surface area contributed by atoms with Crippen LogP contribution in [0.25, 0.3) is 0 Å². The van der Waals surface area contributed by atoms with Gasteiger partial charge in [0.25, 0.3) is 5.56 Å². The Hall–Kier alpha value is -1.48. The van der Waals surface area contributed by atoms with Gasteiger partial charge in [0, 0.05) is 24.8 Å². The third-order valence-electron chi connectivity index (χ3n) is 4.25. The Morgan fingerprint density at radius 3 is 2.83 bits per heavy atom. The highest BCUT2D eigenvalue weighted by Gasteiger charge is 2.39. The van der Waals surface area contributed by atoms with E-state index in [9.17, 15) is 14.7 Å². The molecule has 1 aliphatic rings. The summed E-state index contributed by atoms with van der Waals surface area (Å²) < 4.78 is 18.0. The van der Waals surface area contributed by atoms with Crippen molar-refractivity contribution in [2.45, 2.75) is 32.1 Å². The predicted molar refractivity (Wildman–Crippen MR) is 82.7 cm³/mol. The fraction of sp³-hybridized carbons (Fsp3) is 0.733. The number of hydrogen-bond donors (Lipinski definition) is 2. The van der Waals surface area contributed by atoms with Crippen molar-refractivity contribution in [3.63, 3.8) is 0 Å². The fourth-order valence-corrected chi connectivity index (χ4v) is 2.85. The number of aromatic nitrogens is 2. The van der Waals surface area contributed by atoms with Crippen LogP contribution in [0.5, 0.6) is 0 Å². The molecule has 23 heavy (non-hydrogen) atoms. The maximum absolute atomic E-state index is 12.1. The van der Waals surface area contributed by atoms with E-state index in [-0.39, 0.29) is 37.4 Å². The Morgan fingerprint density at radius 2 is 2.17 bits per heavy atom. The summed E-state index contributed by atoms with van der Waals surface area (Å²) in [6, 6.07) is -0.382. The van der Waals surface area contributed by atoms with Crippen LogP contribution < -0.4 is 11.2 Å². The van der Waals surface area contributed by atoms with Crippen LogP contribution in [0.15, 0.2) is 15.8 Å². The maximum atomic E-state index is 12.1. The minimum absolute atomic E-state index is 0.114. The molecule has 4 atom stereocenters. The number of aliphatic hydroxyl groups excluding tert-OH is 1. The van der Waals surface area contributed by atoms with Crippen molar-refractivity contribution in [1.82, 2.24) is 9.55 Å². The highest BCUT2D eigenvalue weighted by molar-refractivity contribution is 5.03. The first-order valence-corrected chi connectivity index (χ1v) is 7.64. The standard InChI is InChI=1S/C15H24N2O6/c1-9-6-17(15(20)16-14(9)19)11-8-23-12(7-18)10(2)13(11)22-5-4-21-3/h6,10-13,18H,4-5,7-8H2,1-3H3,(H,16,19,20)/t10-,11-,12?,13-/m1/s1. The van der Waals surface area contributed by atoms with Crippen molar-refractivity contribution < 1.29 is 19.3 Å². The van der Waals surface area contributed by atoms with Crippen LogP contribution in [0.1, 0.15) is 18.5 Å². The van der Waals surface area contributed by atoms with Crippen LogP contribution in [0.2, 0.25) is 0 Å². The molecular formula is C15H24N2O6. The van der Waals surface area contributed by atoms with Crippen LogP contribution in [0.3, 0.4) is 0 Å². The summed E-state index contributed by atoms with van der Waals surface area (Å²) in [6.45, 7) is 4.46. The number of rotatable bonds is 6. The van der Waals surface area contributed by atoms with Gasteiger partial charge >= 0.3 is 5.69 Å². The number of aryl methyl sites for hydroxylation is 1. The minimum atomic E-state index is -0.496. The molecule has 130 valence electrons. The maximum Gasteiger partial charge on any atom is 0.328 e. The average Bonchev–Trinajstić information content (AvgIpc) is 2.52. The second-order valence-electron chi connectivity index (χ2n) is 5.79. The van der Waals surface area contributed by atoms with Crippen LogP contribution in [0, 0.1) is 12.8 Å². The molecule has 2 rings (SSSR count).